The number of amides is 2. The van der Waals surface area contributed by atoms with Crippen LogP contribution in [-0.2, 0) is 14.8 Å². The summed E-state index contributed by atoms with van der Waals surface area (Å²) in [7, 11) is -3.85. The van der Waals surface area contributed by atoms with Gasteiger partial charge >= 0.3 is 0 Å². The second-order valence-corrected chi connectivity index (χ2v) is 11.3. The molecule has 3 aromatic carbocycles. The number of carbonyl (C=O) groups excluding carboxylic acids is 2. The van der Waals surface area contributed by atoms with Gasteiger partial charge in [0.25, 0.3) is 11.6 Å². The first kappa shape index (κ1) is 26.2. The van der Waals surface area contributed by atoms with Crippen LogP contribution < -0.4 is 10.3 Å². The maximum atomic E-state index is 13.5. The van der Waals surface area contributed by atoms with Gasteiger partial charge in [-0.1, -0.05) is 35.9 Å². The van der Waals surface area contributed by atoms with E-state index in [4.69, 9.17) is 0 Å². The van der Waals surface area contributed by atoms with E-state index >= 15 is 0 Å². The second-order valence-electron chi connectivity index (χ2n) is 9.32. The molecule has 1 unspecified atom stereocenters. The Morgan fingerprint density at radius 3 is 2.41 bits per heavy atom. The topological polar surface area (TPSA) is 142 Å². The molecule has 1 N–H and O–H groups in total. The molecule has 0 bridgehead atoms. The minimum Gasteiger partial charge on any atom is -0.273 e. The zero-order chi connectivity index (χ0) is 27.7. The minimum absolute atomic E-state index is 0.0420. The number of nitro benzene ring substituents is 1. The summed E-state index contributed by atoms with van der Waals surface area (Å²) in [5, 5.41) is 15.9. The molecule has 0 radical (unpaired) electrons. The quantitative estimate of drug-likeness (QED) is 0.203. The van der Waals surface area contributed by atoms with E-state index in [1.807, 2.05) is 6.92 Å². The van der Waals surface area contributed by atoms with Gasteiger partial charge in [-0.3, -0.25) is 25.1 Å². The highest BCUT2D eigenvalue weighted by molar-refractivity contribution is 7.89. The van der Waals surface area contributed by atoms with Gasteiger partial charge in [0.15, 0.2) is 0 Å². The smallest absolute Gasteiger partial charge is 0.273 e. The average molecular weight is 548 g/mol. The van der Waals surface area contributed by atoms with Crippen molar-refractivity contribution in [2.45, 2.75) is 30.6 Å². The second kappa shape index (κ2) is 10.4. The highest BCUT2D eigenvalue weighted by Gasteiger charge is 2.39. The van der Waals surface area contributed by atoms with Gasteiger partial charge in [0.1, 0.15) is 11.6 Å². The number of anilines is 2. The summed E-state index contributed by atoms with van der Waals surface area (Å²) in [5.74, 6) is -1.92. The maximum absolute atomic E-state index is 13.5. The van der Waals surface area contributed by atoms with E-state index in [9.17, 15) is 28.1 Å². The lowest BCUT2D eigenvalue weighted by Crippen LogP contribution is -2.45. The van der Waals surface area contributed by atoms with Crippen LogP contribution in [0, 0.1) is 17.0 Å². The third kappa shape index (κ3) is 4.91. The molecule has 200 valence electrons. The summed E-state index contributed by atoms with van der Waals surface area (Å²) in [5.41, 5.74) is 4.26. The number of nitrogens with one attached hydrogen (secondary N) is 1. The Kier molecular flexibility index (Phi) is 6.98. The van der Waals surface area contributed by atoms with Crippen molar-refractivity contribution in [3.05, 3.63) is 93.5 Å². The molecule has 2 amide bonds. The summed E-state index contributed by atoms with van der Waals surface area (Å²) < 4.78 is 27.1. The van der Waals surface area contributed by atoms with Gasteiger partial charge < -0.3 is 0 Å². The SMILES string of the molecule is Cc1ccc(N2C(=O)c3ccccc3C(C=NNc3ccc(S(=O)(=O)N4CCCC4)cc3[N+](=O)[O-])C2=O)cc1. The molecule has 3 aromatic rings. The Balaban J connectivity index is 1.45. The van der Waals surface area contributed by atoms with E-state index < -0.39 is 38.4 Å². The highest BCUT2D eigenvalue weighted by Crippen LogP contribution is 2.33. The highest BCUT2D eigenvalue weighted by atomic mass is 32.2. The molecule has 1 saturated heterocycles. The van der Waals surface area contributed by atoms with Crippen molar-refractivity contribution >= 4 is 45.1 Å². The number of rotatable bonds is 7. The number of hydrogen-bond donors (Lipinski definition) is 1. The summed E-state index contributed by atoms with van der Waals surface area (Å²) in [6, 6.07) is 17.2. The van der Waals surface area contributed by atoms with Crippen LogP contribution >= 0.6 is 0 Å². The molecular formula is C27H25N5O6S. The fourth-order valence-electron chi connectivity index (χ4n) is 4.71. The first-order valence-electron chi connectivity index (χ1n) is 12.3. The van der Waals surface area contributed by atoms with Crippen molar-refractivity contribution in [1.29, 1.82) is 0 Å². The molecule has 5 rings (SSSR count). The van der Waals surface area contributed by atoms with Gasteiger partial charge in [-0.05, 0) is 55.7 Å². The number of aryl methyl sites for hydroxylation is 1. The average Bonchev–Trinajstić information content (AvgIpc) is 3.48. The van der Waals surface area contributed by atoms with Gasteiger partial charge in [-0.25, -0.2) is 13.3 Å². The minimum atomic E-state index is -3.85. The van der Waals surface area contributed by atoms with Gasteiger partial charge in [-0.2, -0.15) is 9.41 Å². The molecule has 1 atom stereocenters. The van der Waals surface area contributed by atoms with E-state index in [0.717, 1.165) is 29.4 Å². The number of carbonyl (C=O) groups is 2. The third-order valence-corrected chi connectivity index (χ3v) is 8.68. The fourth-order valence-corrected chi connectivity index (χ4v) is 6.25. The molecule has 2 heterocycles. The number of hydrogen-bond acceptors (Lipinski definition) is 8. The van der Waals surface area contributed by atoms with Crippen molar-refractivity contribution in [3.63, 3.8) is 0 Å². The van der Waals surface area contributed by atoms with Gasteiger partial charge in [0.05, 0.1) is 15.5 Å². The molecule has 2 aliphatic rings. The van der Waals surface area contributed by atoms with Crippen LogP contribution in [0.3, 0.4) is 0 Å². The summed E-state index contributed by atoms with van der Waals surface area (Å²) in [6.45, 7) is 2.65. The molecule has 0 saturated carbocycles. The van der Waals surface area contributed by atoms with E-state index in [-0.39, 0.29) is 10.6 Å². The summed E-state index contributed by atoms with van der Waals surface area (Å²) in [6.07, 6.45) is 2.77. The number of fused-ring (bicyclic) bond motifs is 1. The van der Waals surface area contributed by atoms with Crippen molar-refractivity contribution in [2.75, 3.05) is 23.4 Å². The van der Waals surface area contributed by atoms with Crippen LogP contribution in [0.15, 0.2) is 76.7 Å². The monoisotopic (exact) mass is 547 g/mol. The molecule has 2 aliphatic heterocycles. The van der Waals surface area contributed by atoms with E-state index in [2.05, 4.69) is 10.5 Å². The Bertz CT molecular complexity index is 1600. The van der Waals surface area contributed by atoms with Crippen LogP contribution in [0.2, 0.25) is 0 Å². The van der Waals surface area contributed by atoms with E-state index in [1.165, 1.54) is 22.7 Å². The number of imide groups is 1. The largest absolute Gasteiger partial charge is 0.295 e. The number of hydrazone groups is 1. The van der Waals surface area contributed by atoms with Gasteiger partial charge in [0, 0.05) is 30.9 Å². The van der Waals surface area contributed by atoms with Crippen LogP contribution in [0.25, 0.3) is 0 Å². The van der Waals surface area contributed by atoms with Crippen molar-refractivity contribution in [2.24, 2.45) is 5.10 Å². The zero-order valence-electron chi connectivity index (χ0n) is 21.0. The van der Waals surface area contributed by atoms with Gasteiger partial charge in [-0.15, -0.1) is 0 Å². The first-order chi connectivity index (χ1) is 18.7. The molecule has 0 aromatic heterocycles. The Hall–Kier alpha value is -4.42. The lowest BCUT2D eigenvalue weighted by molar-refractivity contribution is -0.384. The molecule has 0 spiro atoms. The molecule has 11 nitrogen and oxygen atoms in total. The Morgan fingerprint density at radius 1 is 1.03 bits per heavy atom. The van der Waals surface area contributed by atoms with Crippen molar-refractivity contribution < 1.29 is 22.9 Å². The van der Waals surface area contributed by atoms with Crippen LogP contribution in [-0.4, -0.2) is 48.8 Å². The number of sulfonamides is 1. The molecule has 39 heavy (non-hydrogen) atoms. The Labute approximate surface area is 224 Å². The molecule has 0 aliphatic carbocycles. The summed E-state index contributed by atoms with van der Waals surface area (Å²) >= 11 is 0. The molecular weight excluding hydrogens is 522 g/mol. The first-order valence-corrected chi connectivity index (χ1v) is 13.7. The standard InChI is InChI=1S/C27H25N5O6S/c1-18-8-10-19(11-9-18)31-26(33)22-7-3-2-6-21(22)23(27(31)34)17-28-29-24-13-12-20(16-25(24)32(35)36)39(37,38)30-14-4-5-15-30/h2-3,6-13,16-17,23,29H,4-5,14-15H2,1H3. The number of nitro groups is 1. The third-order valence-electron chi connectivity index (χ3n) is 6.79. The van der Waals surface area contributed by atoms with Crippen LogP contribution in [0.4, 0.5) is 17.1 Å². The zero-order valence-corrected chi connectivity index (χ0v) is 21.8. The fraction of sp³-hybridized carbons (Fsp3) is 0.222. The lowest BCUT2D eigenvalue weighted by atomic mass is 9.89. The molecule has 12 heteroatoms. The Morgan fingerprint density at radius 2 is 1.72 bits per heavy atom. The van der Waals surface area contributed by atoms with Crippen LogP contribution in [0.5, 0.6) is 0 Å². The van der Waals surface area contributed by atoms with Gasteiger partial charge in [0.2, 0.25) is 15.9 Å². The van der Waals surface area contributed by atoms with Crippen molar-refractivity contribution in [1.82, 2.24) is 4.31 Å². The predicted molar refractivity (Wildman–Crippen MR) is 145 cm³/mol. The van der Waals surface area contributed by atoms with Crippen LogP contribution in [0.1, 0.15) is 40.2 Å². The number of benzene rings is 3. The normalized spacial score (nSPS) is 18.0. The predicted octanol–water partition coefficient (Wildman–Crippen LogP) is 4.06. The number of nitrogens with zero attached hydrogens (tertiary/aromatic N) is 4. The maximum Gasteiger partial charge on any atom is 0.295 e. The van der Waals surface area contributed by atoms with E-state index in [0.29, 0.717) is 29.9 Å². The van der Waals surface area contributed by atoms with E-state index in [1.54, 1.807) is 48.5 Å². The summed E-state index contributed by atoms with van der Waals surface area (Å²) in [4.78, 5) is 38.7. The lowest BCUT2D eigenvalue weighted by Gasteiger charge is -2.30. The van der Waals surface area contributed by atoms with Crippen molar-refractivity contribution in [3.8, 4) is 0 Å². The molecule has 1 fully saturated rings.